The Bertz CT molecular complexity index is 571. The predicted octanol–water partition coefficient (Wildman–Crippen LogP) is 2.41. The molecule has 0 unspecified atom stereocenters. The van der Waals surface area contributed by atoms with Gasteiger partial charge in [-0.1, -0.05) is 29.3 Å². The summed E-state index contributed by atoms with van der Waals surface area (Å²) >= 11 is 0. The fourth-order valence-electron chi connectivity index (χ4n) is 3.27. The van der Waals surface area contributed by atoms with Crippen LogP contribution in [-0.2, 0) is 11.2 Å². The molecule has 1 heterocycles. The van der Waals surface area contributed by atoms with Crippen LogP contribution in [0.1, 0.15) is 42.9 Å². The van der Waals surface area contributed by atoms with E-state index in [1.807, 2.05) is 4.90 Å². The molecule has 0 spiro atoms. The number of guanidine groups is 1. The summed E-state index contributed by atoms with van der Waals surface area (Å²) in [4.78, 5) is 18.6. The number of likely N-dealkylation sites (tertiary alicyclic amines) is 1. The van der Waals surface area contributed by atoms with Gasteiger partial charge < -0.3 is 15.5 Å². The van der Waals surface area contributed by atoms with Gasteiger partial charge in [-0.15, -0.1) is 0 Å². The Kier molecular flexibility index (Phi) is 7.76. The second-order valence-corrected chi connectivity index (χ2v) is 6.77. The van der Waals surface area contributed by atoms with Crippen LogP contribution < -0.4 is 10.6 Å². The van der Waals surface area contributed by atoms with Gasteiger partial charge in [0.1, 0.15) is 0 Å². The van der Waals surface area contributed by atoms with E-state index in [9.17, 15) is 4.79 Å². The van der Waals surface area contributed by atoms with E-state index in [2.05, 4.69) is 54.6 Å². The van der Waals surface area contributed by atoms with Crippen LogP contribution in [0.5, 0.6) is 0 Å². The average Bonchev–Trinajstić information content (AvgIpc) is 3.08. The van der Waals surface area contributed by atoms with Crippen molar-refractivity contribution in [2.24, 2.45) is 4.99 Å². The van der Waals surface area contributed by atoms with Crippen molar-refractivity contribution in [3.8, 4) is 0 Å². The Morgan fingerprint density at radius 1 is 1.12 bits per heavy atom. The van der Waals surface area contributed by atoms with Crippen LogP contribution >= 0.6 is 0 Å². The zero-order valence-electron chi connectivity index (χ0n) is 15.9. The van der Waals surface area contributed by atoms with Crippen molar-refractivity contribution in [3.05, 3.63) is 34.9 Å². The first kappa shape index (κ1) is 19.3. The molecule has 0 saturated carbocycles. The number of carbonyl (C=O) groups excluding carboxylic acids is 1. The van der Waals surface area contributed by atoms with Gasteiger partial charge in [-0.05, 0) is 45.6 Å². The zero-order chi connectivity index (χ0) is 18.1. The first-order valence-electron chi connectivity index (χ1n) is 9.45. The highest BCUT2D eigenvalue weighted by Crippen LogP contribution is 2.09. The van der Waals surface area contributed by atoms with Crippen LogP contribution in [0.25, 0.3) is 0 Å². The van der Waals surface area contributed by atoms with E-state index in [0.29, 0.717) is 13.0 Å². The van der Waals surface area contributed by atoms with Crippen LogP contribution in [-0.4, -0.2) is 49.5 Å². The van der Waals surface area contributed by atoms with Crippen LogP contribution in [0.3, 0.4) is 0 Å². The summed E-state index contributed by atoms with van der Waals surface area (Å²) in [5.41, 5.74) is 3.94. The lowest BCUT2D eigenvalue weighted by Gasteiger charge is -2.15. The van der Waals surface area contributed by atoms with Gasteiger partial charge >= 0.3 is 0 Å². The van der Waals surface area contributed by atoms with Gasteiger partial charge in [0.25, 0.3) is 0 Å². The predicted molar refractivity (Wildman–Crippen MR) is 104 cm³/mol. The van der Waals surface area contributed by atoms with E-state index >= 15 is 0 Å². The van der Waals surface area contributed by atoms with Crippen LogP contribution in [0.15, 0.2) is 23.2 Å². The Hall–Kier alpha value is -2.04. The van der Waals surface area contributed by atoms with Gasteiger partial charge in [-0.3, -0.25) is 9.79 Å². The van der Waals surface area contributed by atoms with Gasteiger partial charge in [0, 0.05) is 32.6 Å². The smallest absolute Gasteiger partial charge is 0.224 e. The number of hydrogen-bond donors (Lipinski definition) is 2. The number of aliphatic imine (C=N–C) groups is 1. The fraction of sp³-hybridized carbons (Fsp3) is 0.600. The maximum absolute atomic E-state index is 12.1. The number of aryl methyl sites for hydroxylation is 2. The molecule has 138 valence electrons. The molecule has 1 aliphatic rings. The molecule has 5 nitrogen and oxygen atoms in total. The first-order chi connectivity index (χ1) is 12.1. The molecule has 1 amide bonds. The molecule has 1 aromatic carbocycles. The van der Waals surface area contributed by atoms with Gasteiger partial charge in [-0.25, -0.2) is 0 Å². The van der Waals surface area contributed by atoms with E-state index in [-0.39, 0.29) is 5.91 Å². The minimum atomic E-state index is 0.229. The highest BCUT2D eigenvalue weighted by Gasteiger charge is 2.16. The summed E-state index contributed by atoms with van der Waals surface area (Å²) in [7, 11) is 0. The summed E-state index contributed by atoms with van der Waals surface area (Å²) in [6.07, 6.45) is 3.72. The standard InChI is InChI=1S/C20H32N4O/c1-4-21-20(23-10-8-19(25)24-11-5-6-12-24)22-9-7-18-14-16(2)13-17(3)15-18/h13-15H,4-12H2,1-3H3,(H2,21,22,23). The Labute approximate surface area is 151 Å². The molecule has 25 heavy (non-hydrogen) atoms. The molecule has 2 rings (SSSR count). The Morgan fingerprint density at radius 2 is 1.80 bits per heavy atom. The number of hydrogen-bond acceptors (Lipinski definition) is 2. The molecule has 0 bridgehead atoms. The lowest BCUT2D eigenvalue weighted by molar-refractivity contribution is -0.129. The number of amides is 1. The molecule has 1 fully saturated rings. The summed E-state index contributed by atoms with van der Waals surface area (Å²) < 4.78 is 0. The lowest BCUT2D eigenvalue weighted by atomic mass is 10.1. The molecule has 2 N–H and O–H groups in total. The van der Waals surface area contributed by atoms with E-state index in [1.165, 1.54) is 16.7 Å². The number of nitrogens with zero attached hydrogens (tertiary/aromatic N) is 2. The molecule has 5 heteroatoms. The van der Waals surface area contributed by atoms with E-state index in [0.717, 1.165) is 51.4 Å². The number of nitrogens with one attached hydrogen (secondary N) is 2. The first-order valence-corrected chi connectivity index (χ1v) is 9.45. The summed E-state index contributed by atoms with van der Waals surface area (Å²) in [6.45, 7) is 10.3. The molecule has 1 aromatic rings. The van der Waals surface area contributed by atoms with Crippen molar-refractivity contribution in [1.29, 1.82) is 0 Å². The second-order valence-electron chi connectivity index (χ2n) is 6.77. The van der Waals surface area contributed by atoms with E-state index in [4.69, 9.17) is 0 Å². The minimum absolute atomic E-state index is 0.229. The quantitative estimate of drug-likeness (QED) is 0.590. The molecular weight excluding hydrogens is 312 g/mol. The molecule has 1 aliphatic heterocycles. The van der Waals surface area contributed by atoms with Crippen LogP contribution in [0.2, 0.25) is 0 Å². The minimum Gasteiger partial charge on any atom is -0.357 e. The largest absolute Gasteiger partial charge is 0.357 e. The summed E-state index contributed by atoms with van der Waals surface area (Å²) in [5, 5.41) is 6.61. The van der Waals surface area contributed by atoms with Gasteiger partial charge in [0.2, 0.25) is 5.91 Å². The third kappa shape index (κ3) is 6.77. The molecule has 1 saturated heterocycles. The van der Waals surface area contributed by atoms with Crippen molar-refractivity contribution in [3.63, 3.8) is 0 Å². The topological polar surface area (TPSA) is 56.7 Å². The highest BCUT2D eigenvalue weighted by molar-refractivity contribution is 5.81. The Morgan fingerprint density at radius 3 is 2.44 bits per heavy atom. The molecule has 0 aromatic heterocycles. The molecule has 0 atom stereocenters. The third-order valence-corrected chi connectivity index (χ3v) is 4.39. The lowest BCUT2D eigenvalue weighted by Crippen LogP contribution is -2.38. The maximum atomic E-state index is 12.1. The molecule has 0 aliphatic carbocycles. The Balaban J connectivity index is 1.77. The normalized spacial score (nSPS) is 14.7. The van der Waals surface area contributed by atoms with Crippen molar-refractivity contribution in [1.82, 2.24) is 15.5 Å². The van der Waals surface area contributed by atoms with E-state index in [1.54, 1.807) is 0 Å². The van der Waals surface area contributed by atoms with Crippen molar-refractivity contribution < 1.29 is 4.79 Å². The van der Waals surface area contributed by atoms with Gasteiger partial charge in [0.15, 0.2) is 5.96 Å². The average molecular weight is 345 g/mol. The van der Waals surface area contributed by atoms with Crippen molar-refractivity contribution >= 4 is 11.9 Å². The second kappa shape index (κ2) is 10.1. The number of rotatable bonds is 7. The maximum Gasteiger partial charge on any atom is 0.224 e. The van der Waals surface area contributed by atoms with E-state index < -0.39 is 0 Å². The summed E-state index contributed by atoms with van der Waals surface area (Å²) in [6, 6.07) is 6.65. The number of carbonyl (C=O) groups is 1. The number of benzene rings is 1. The van der Waals surface area contributed by atoms with Crippen LogP contribution in [0.4, 0.5) is 0 Å². The SMILES string of the molecule is CCNC(=NCCC(=O)N1CCCC1)NCCc1cc(C)cc(C)c1. The zero-order valence-corrected chi connectivity index (χ0v) is 15.9. The van der Waals surface area contributed by atoms with Crippen molar-refractivity contribution in [2.45, 2.75) is 46.5 Å². The van der Waals surface area contributed by atoms with Crippen LogP contribution in [0, 0.1) is 13.8 Å². The monoisotopic (exact) mass is 344 g/mol. The molecular formula is C20H32N4O. The third-order valence-electron chi connectivity index (χ3n) is 4.39. The molecule has 0 radical (unpaired) electrons. The van der Waals surface area contributed by atoms with Gasteiger partial charge in [-0.2, -0.15) is 0 Å². The van der Waals surface area contributed by atoms with Gasteiger partial charge in [0.05, 0.1) is 6.54 Å². The highest BCUT2D eigenvalue weighted by atomic mass is 16.2. The van der Waals surface area contributed by atoms with Crippen molar-refractivity contribution in [2.75, 3.05) is 32.7 Å². The summed E-state index contributed by atoms with van der Waals surface area (Å²) in [5.74, 6) is 1.02. The fourth-order valence-corrected chi connectivity index (χ4v) is 3.27.